The second-order valence-corrected chi connectivity index (χ2v) is 4.33. The van der Waals surface area contributed by atoms with Crippen molar-refractivity contribution in [3.63, 3.8) is 0 Å². The zero-order chi connectivity index (χ0) is 9.19. The predicted molar refractivity (Wildman–Crippen MR) is 49.6 cm³/mol. The van der Waals surface area contributed by atoms with E-state index < -0.39 is 0 Å². The molecule has 0 aliphatic carbocycles. The predicted octanol–water partition coefficient (Wildman–Crippen LogP) is 3.41. The van der Waals surface area contributed by atoms with Crippen molar-refractivity contribution < 1.29 is 4.39 Å². The van der Waals surface area contributed by atoms with E-state index in [2.05, 4.69) is 20.8 Å². The molecule has 0 fully saturated rings. The van der Waals surface area contributed by atoms with E-state index in [0.29, 0.717) is 0 Å². The van der Waals surface area contributed by atoms with E-state index in [0.717, 1.165) is 12.0 Å². The summed E-state index contributed by atoms with van der Waals surface area (Å²) in [7, 11) is 0. The quantitative estimate of drug-likeness (QED) is 0.599. The van der Waals surface area contributed by atoms with E-state index in [1.54, 1.807) is 6.07 Å². The molecular formula is C11H15F. The van der Waals surface area contributed by atoms with Crippen LogP contribution in [0.1, 0.15) is 26.3 Å². The fourth-order valence-corrected chi connectivity index (χ4v) is 1.21. The first-order valence-corrected chi connectivity index (χ1v) is 4.22. The topological polar surface area (TPSA) is 0 Å². The lowest BCUT2D eigenvalue weighted by molar-refractivity contribution is 0.402. The van der Waals surface area contributed by atoms with Gasteiger partial charge in [-0.25, -0.2) is 4.39 Å². The molecule has 1 rings (SSSR count). The lowest BCUT2D eigenvalue weighted by atomic mass is 9.88. The number of benzene rings is 1. The zero-order valence-corrected chi connectivity index (χ0v) is 7.89. The van der Waals surface area contributed by atoms with Gasteiger partial charge >= 0.3 is 0 Å². The third-order valence-electron chi connectivity index (χ3n) is 1.68. The molecular weight excluding hydrogens is 151 g/mol. The average molecular weight is 166 g/mol. The van der Waals surface area contributed by atoms with Crippen LogP contribution < -0.4 is 0 Å². The Morgan fingerprint density at radius 1 is 1.17 bits per heavy atom. The maximum Gasteiger partial charge on any atom is 0.126 e. The number of rotatable bonds is 1. The maximum absolute atomic E-state index is 13.1. The second-order valence-electron chi connectivity index (χ2n) is 4.33. The third-order valence-corrected chi connectivity index (χ3v) is 1.68. The molecule has 1 heteroatoms. The Balaban J connectivity index is 2.83. The average Bonchev–Trinajstić information content (AvgIpc) is 1.91. The fourth-order valence-electron chi connectivity index (χ4n) is 1.21. The van der Waals surface area contributed by atoms with Gasteiger partial charge in [0, 0.05) is 0 Å². The van der Waals surface area contributed by atoms with Crippen molar-refractivity contribution in [1.82, 2.24) is 0 Å². The minimum atomic E-state index is -0.0903. The van der Waals surface area contributed by atoms with Crippen LogP contribution in [0.25, 0.3) is 0 Å². The second kappa shape index (κ2) is 3.26. The molecule has 12 heavy (non-hydrogen) atoms. The minimum absolute atomic E-state index is 0.0903. The summed E-state index contributed by atoms with van der Waals surface area (Å²) in [6.45, 7) is 6.33. The van der Waals surface area contributed by atoms with E-state index >= 15 is 0 Å². The van der Waals surface area contributed by atoms with Crippen LogP contribution in [0.5, 0.6) is 0 Å². The largest absolute Gasteiger partial charge is 0.207 e. The van der Waals surface area contributed by atoms with Gasteiger partial charge in [-0.2, -0.15) is 0 Å². The molecule has 0 atom stereocenters. The summed E-state index contributed by atoms with van der Waals surface area (Å²) in [5, 5.41) is 0. The van der Waals surface area contributed by atoms with Gasteiger partial charge in [0.05, 0.1) is 0 Å². The van der Waals surface area contributed by atoms with Crippen LogP contribution in [-0.2, 0) is 6.42 Å². The van der Waals surface area contributed by atoms with Crippen molar-refractivity contribution in [3.8, 4) is 0 Å². The number of hydrogen-bond donors (Lipinski definition) is 0. The Kier molecular flexibility index (Phi) is 2.51. The van der Waals surface area contributed by atoms with Gasteiger partial charge in [-0.1, -0.05) is 39.0 Å². The smallest absolute Gasteiger partial charge is 0.126 e. The first kappa shape index (κ1) is 9.24. The van der Waals surface area contributed by atoms with Gasteiger partial charge in [0.25, 0.3) is 0 Å². The molecule has 0 unspecified atom stereocenters. The minimum Gasteiger partial charge on any atom is -0.207 e. The van der Waals surface area contributed by atoms with E-state index in [1.165, 1.54) is 6.07 Å². The Labute approximate surface area is 73.4 Å². The SMILES string of the molecule is CC(C)(C)Cc1ccccc1F. The van der Waals surface area contributed by atoms with E-state index in [1.807, 2.05) is 12.1 Å². The van der Waals surface area contributed by atoms with Crippen molar-refractivity contribution >= 4 is 0 Å². The van der Waals surface area contributed by atoms with Gasteiger partial charge in [-0.3, -0.25) is 0 Å². The monoisotopic (exact) mass is 166 g/mol. The van der Waals surface area contributed by atoms with Gasteiger partial charge < -0.3 is 0 Å². The van der Waals surface area contributed by atoms with Crippen molar-refractivity contribution in [2.24, 2.45) is 5.41 Å². The van der Waals surface area contributed by atoms with Crippen LogP contribution in [0.15, 0.2) is 24.3 Å². The van der Waals surface area contributed by atoms with Crippen LogP contribution in [0, 0.1) is 11.2 Å². The van der Waals surface area contributed by atoms with Crippen LogP contribution in [0.4, 0.5) is 4.39 Å². The molecule has 0 aliphatic heterocycles. The maximum atomic E-state index is 13.1. The molecule has 0 saturated heterocycles. The Morgan fingerprint density at radius 3 is 2.25 bits per heavy atom. The molecule has 0 radical (unpaired) electrons. The van der Waals surface area contributed by atoms with E-state index in [4.69, 9.17) is 0 Å². The number of halogens is 1. The van der Waals surface area contributed by atoms with Crippen molar-refractivity contribution in [1.29, 1.82) is 0 Å². The molecule has 0 heterocycles. The molecule has 0 nitrogen and oxygen atoms in total. The fraction of sp³-hybridized carbons (Fsp3) is 0.455. The van der Waals surface area contributed by atoms with Crippen LogP contribution >= 0.6 is 0 Å². The molecule has 0 saturated carbocycles. The van der Waals surface area contributed by atoms with Gasteiger partial charge in [-0.05, 0) is 23.5 Å². The van der Waals surface area contributed by atoms with Crippen LogP contribution in [0.3, 0.4) is 0 Å². The molecule has 0 amide bonds. The van der Waals surface area contributed by atoms with Gasteiger partial charge in [-0.15, -0.1) is 0 Å². The highest BCUT2D eigenvalue weighted by molar-refractivity contribution is 5.18. The highest BCUT2D eigenvalue weighted by Gasteiger charge is 2.13. The number of hydrogen-bond acceptors (Lipinski definition) is 0. The van der Waals surface area contributed by atoms with Gasteiger partial charge in [0.1, 0.15) is 5.82 Å². The lowest BCUT2D eigenvalue weighted by Gasteiger charge is -2.18. The molecule has 0 aromatic heterocycles. The Morgan fingerprint density at radius 2 is 1.75 bits per heavy atom. The van der Waals surface area contributed by atoms with Gasteiger partial charge in [0.15, 0.2) is 0 Å². The molecule has 66 valence electrons. The lowest BCUT2D eigenvalue weighted by Crippen LogP contribution is -2.10. The van der Waals surface area contributed by atoms with Gasteiger partial charge in [0.2, 0.25) is 0 Å². The first-order chi connectivity index (χ1) is 5.49. The molecule has 1 aromatic carbocycles. The molecule has 0 aliphatic rings. The summed E-state index contributed by atoms with van der Waals surface area (Å²) in [5.41, 5.74) is 0.965. The van der Waals surface area contributed by atoms with Crippen molar-refractivity contribution in [2.75, 3.05) is 0 Å². The first-order valence-electron chi connectivity index (χ1n) is 4.22. The van der Waals surface area contributed by atoms with Crippen molar-refractivity contribution in [2.45, 2.75) is 27.2 Å². The zero-order valence-electron chi connectivity index (χ0n) is 7.89. The normalized spacial score (nSPS) is 11.7. The van der Waals surface area contributed by atoms with E-state index in [9.17, 15) is 4.39 Å². The van der Waals surface area contributed by atoms with Crippen molar-refractivity contribution in [3.05, 3.63) is 35.6 Å². The molecule has 0 spiro atoms. The summed E-state index contributed by atoms with van der Waals surface area (Å²) in [5.74, 6) is -0.0903. The Hall–Kier alpha value is -0.850. The van der Waals surface area contributed by atoms with Crippen LogP contribution in [0.2, 0.25) is 0 Å². The summed E-state index contributed by atoms with van der Waals surface area (Å²) in [4.78, 5) is 0. The third kappa shape index (κ3) is 2.65. The molecule has 0 bridgehead atoms. The molecule has 1 aromatic rings. The standard InChI is InChI=1S/C11H15F/c1-11(2,3)8-9-6-4-5-7-10(9)12/h4-7H,8H2,1-3H3. The van der Waals surface area contributed by atoms with Crippen LogP contribution in [-0.4, -0.2) is 0 Å². The molecule has 0 N–H and O–H groups in total. The summed E-state index contributed by atoms with van der Waals surface area (Å²) >= 11 is 0. The Bertz CT molecular complexity index is 258. The highest BCUT2D eigenvalue weighted by atomic mass is 19.1. The summed E-state index contributed by atoms with van der Waals surface area (Å²) in [6.07, 6.45) is 0.791. The summed E-state index contributed by atoms with van der Waals surface area (Å²) < 4.78 is 13.1. The highest BCUT2D eigenvalue weighted by Crippen LogP contribution is 2.21. The van der Waals surface area contributed by atoms with E-state index in [-0.39, 0.29) is 11.2 Å². The summed E-state index contributed by atoms with van der Waals surface area (Å²) in [6, 6.07) is 6.97.